The van der Waals surface area contributed by atoms with Crippen LogP contribution < -0.4 is 4.74 Å². The number of thioether (sulfide) groups is 1. The summed E-state index contributed by atoms with van der Waals surface area (Å²) < 4.78 is 11.0. The molecule has 2 rings (SSSR count). The highest BCUT2D eigenvalue weighted by atomic mass is 32.2. The Kier molecular flexibility index (Phi) is 8.34. The van der Waals surface area contributed by atoms with E-state index in [1.54, 1.807) is 18.7 Å². The number of rotatable bonds is 10. The highest BCUT2D eigenvalue weighted by molar-refractivity contribution is 7.98. The van der Waals surface area contributed by atoms with Crippen molar-refractivity contribution >= 4 is 17.7 Å². The van der Waals surface area contributed by atoms with Crippen molar-refractivity contribution in [3.63, 3.8) is 0 Å². The number of esters is 1. The Hall–Kier alpha value is -2.72. The smallest absolute Gasteiger partial charge is 0.338 e. The van der Waals surface area contributed by atoms with Crippen molar-refractivity contribution in [1.29, 1.82) is 0 Å². The van der Waals surface area contributed by atoms with E-state index in [4.69, 9.17) is 9.47 Å². The molecular weight excluding hydrogens is 380 g/mol. The maximum atomic E-state index is 11.8. The average Bonchev–Trinajstić information content (AvgIpc) is 2.71. The molecule has 0 atom stereocenters. The minimum atomic E-state index is -0.409. The molecular formula is C25H28O3S. The molecule has 0 N–H and O–H groups in total. The molecule has 0 spiro atoms. The van der Waals surface area contributed by atoms with Gasteiger partial charge in [0.1, 0.15) is 11.5 Å². The lowest BCUT2D eigenvalue weighted by Gasteiger charge is -2.11. The van der Waals surface area contributed by atoms with Crippen LogP contribution >= 0.6 is 11.8 Å². The van der Waals surface area contributed by atoms with Gasteiger partial charge in [-0.05, 0) is 67.3 Å². The van der Waals surface area contributed by atoms with Gasteiger partial charge in [-0.3, -0.25) is 0 Å². The van der Waals surface area contributed by atoms with Crippen molar-refractivity contribution in [1.82, 2.24) is 0 Å². The van der Waals surface area contributed by atoms with Crippen LogP contribution in [0, 0.1) is 0 Å². The van der Waals surface area contributed by atoms with E-state index in [1.165, 1.54) is 5.56 Å². The van der Waals surface area contributed by atoms with E-state index in [-0.39, 0.29) is 0 Å². The van der Waals surface area contributed by atoms with Gasteiger partial charge in [-0.1, -0.05) is 50.1 Å². The van der Waals surface area contributed by atoms with Gasteiger partial charge in [0.2, 0.25) is 0 Å². The summed E-state index contributed by atoms with van der Waals surface area (Å²) in [5.41, 5.74) is 4.70. The first-order valence-electron chi connectivity index (χ1n) is 9.44. The van der Waals surface area contributed by atoms with E-state index in [0.29, 0.717) is 23.7 Å². The summed E-state index contributed by atoms with van der Waals surface area (Å²) in [6.45, 7) is 15.4. The standard InChI is InChI=1S/C25H28O3S/c1-17(2)19(5)27-15-7-8-20-9-11-21(12-10-20)22-13-14-23(24(16-22)29-6)28-25(26)18(3)4/h9-14,16H,1,3,5,7-8,15H2,2,4,6H3. The minimum absolute atomic E-state index is 0.381. The summed E-state index contributed by atoms with van der Waals surface area (Å²) in [5.74, 6) is 0.803. The zero-order chi connectivity index (χ0) is 21.4. The van der Waals surface area contributed by atoms with Gasteiger partial charge in [0.05, 0.1) is 11.5 Å². The second-order valence-electron chi connectivity index (χ2n) is 6.89. The second kappa shape index (κ2) is 10.7. The van der Waals surface area contributed by atoms with Crippen molar-refractivity contribution < 1.29 is 14.3 Å². The first kappa shape index (κ1) is 22.6. The number of hydrogen-bond donors (Lipinski definition) is 0. The lowest BCUT2D eigenvalue weighted by molar-refractivity contribution is -0.130. The van der Waals surface area contributed by atoms with Gasteiger partial charge in [-0.15, -0.1) is 11.8 Å². The summed E-state index contributed by atoms with van der Waals surface area (Å²) in [7, 11) is 0. The zero-order valence-electron chi connectivity index (χ0n) is 17.4. The molecule has 0 heterocycles. The van der Waals surface area contributed by atoms with Crippen molar-refractivity contribution in [2.24, 2.45) is 0 Å². The van der Waals surface area contributed by atoms with Crippen LogP contribution in [0.4, 0.5) is 0 Å². The third-order valence-electron chi connectivity index (χ3n) is 4.36. The maximum Gasteiger partial charge on any atom is 0.338 e. The zero-order valence-corrected chi connectivity index (χ0v) is 18.2. The number of benzene rings is 2. The van der Waals surface area contributed by atoms with Crippen molar-refractivity contribution in [3.8, 4) is 16.9 Å². The lowest BCUT2D eigenvalue weighted by Crippen LogP contribution is -2.08. The fraction of sp³-hybridized carbons (Fsp3) is 0.240. The Balaban J connectivity index is 2.01. The topological polar surface area (TPSA) is 35.5 Å². The van der Waals surface area contributed by atoms with E-state index >= 15 is 0 Å². The number of carbonyl (C=O) groups is 1. The molecule has 3 nitrogen and oxygen atoms in total. The molecule has 0 saturated heterocycles. The molecule has 4 heteroatoms. The van der Waals surface area contributed by atoms with Crippen LogP contribution in [0.5, 0.6) is 5.75 Å². The number of carbonyl (C=O) groups excluding carboxylic acids is 1. The SMILES string of the molecule is C=C(C)C(=C)OCCCc1ccc(-c2ccc(OC(=O)C(=C)C)c(SC)c2)cc1. The lowest BCUT2D eigenvalue weighted by atomic mass is 10.0. The van der Waals surface area contributed by atoms with Gasteiger partial charge in [-0.25, -0.2) is 4.79 Å². The monoisotopic (exact) mass is 408 g/mol. The maximum absolute atomic E-state index is 11.8. The van der Waals surface area contributed by atoms with Gasteiger partial charge < -0.3 is 9.47 Å². The summed E-state index contributed by atoms with van der Waals surface area (Å²) >= 11 is 1.54. The Morgan fingerprint density at radius 2 is 1.62 bits per heavy atom. The summed E-state index contributed by atoms with van der Waals surface area (Å²) in [6, 6.07) is 14.3. The van der Waals surface area contributed by atoms with Gasteiger partial charge in [0.15, 0.2) is 0 Å². The molecule has 2 aromatic rings. The van der Waals surface area contributed by atoms with Crippen LogP contribution in [-0.2, 0) is 16.0 Å². The van der Waals surface area contributed by atoms with E-state index in [9.17, 15) is 4.79 Å². The van der Waals surface area contributed by atoms with Crippen molar-refractivity contribution in [3.05, 3.63) is 84.7 Å². The molecule has 0 radical (unpaired) electrons. The third-order valence-corrected chi connectivity index (χ3v) is 5.12. The summed E-state index contributed by atoms with van der Waals surface area (Å²) in [6.07, 6.45) is 3.82. The number of ether oxygens (including phenoxy) is 2. The molecule has 0 aliphatic heterocycles. The van der Waals surface area contributed by atoms with E-state index in [2.05, 4.69) is 44.0 Å². The van der Waals surface area contributed by atoms with Crippen LogP contribution in [0.2, 0.25) is 0 Å². The summed E-state index contributed by atoms with van der Waals surface area (Å²) in [5, 5.41) is 0. The Labute approximate surface area is 178 Å². The van der Waals surface area contributed by atoms with Crippen molar-refractivity contribution in [2.45, 2.75) is 31.6 Å². The predicted octanol–water partition coefficient (Wildman–Crippen LogP) is 6.60. The van der Waals surface area contributed by atoms with Crippen LogP contribution in [0.1, 0.15) is 25.8 Å². The molecule has 29 heavy (non-hydrogen) atoms. The second-order valence-corrected chi connectivity index (χ2v) is 7.74. The van der Waals surface area contributed by atoms with Gasteiger partial charge in [-0.2, -0.15) is 0 Å². The van der Waals surface area contributed by atoms with Crippen LogP contribution in [0.25, 0.3) is 11.1 Å². The molecule has 0 unspecified atom stereocenters. The average molecular weight is 409 g/mol. The van der Waals surface area contributed by atoms with E-state index < -0.39 is 5.97 Å². The number of hydrogen-bond acceptors (Lipinski definition) is 4. The van der Waals surface area contributed by atoms with Gasteiger partial charge in [0.25, 0.3) is 0 Å². The van der Waals surface area contributed by atoms with Crippen LogP contribution in [0.3, 0.4) is 0 Å². The summed E-state index contributed by atoms with van der Waals surface area (Å²) in [4.78, 5) is 12.7. The van der Waals surface area contributed by atoms with Crippen LogP contribution in [0.15, 0.2) is 84.0 Å². The Morgan fingerprint density at radius 1 is 0.966 bits per heavy atom. The number of aryl methyl sites for hydroxylation is 1. The molecule has 152 valence electrons. The fourth-order valence-corrected chi connectivity index (χ4v) is 3.13. The van der Waals surface area contributed by atoms with Gasteiger partial charge in [0, 0.05) is 5.57 Å². The molecule has 0 bridgehead atoms. The fourth-order valence-electron chi connectivity index (χ4n) is 2.58. The van der Waals surface area contributed by atoms with E-state index in [1.807, 2.05) is 31.4 Å². The largest absolute Gasteiger partial charge is 0.494 e. The van der Waals surface area contributed by atoms with E-state index in [0.717, 1.165) is 34.4 Å². The number of allylic oxidation sites excluding steroid dienone is 1. The quantitative estimate of drug-likeness (QED) is 0.0844. The first-order valence-corrected chi connectivity index (χ1v) is 10.7. The molecule has 0 aromatic heterocycles. The molecule has 0 aliphatic carbocycles. The Morgan fingerprint density at radius 3 is 2.21 bits per heavy atom. The highest BCUT2D eigenvalue weighted by Gasteiger charge is 2.11. The first-order chi connectivity index (χ1) is 13.8. The Bertz CT molecular complexity index is 910. The van der Waals surface area contributed by atoms with Gasteiger partial charge >= 0.3 is 5.97 Å². The molecule has 0 aliphatic rings. The minimum Gasteiger partial charge on any atom is -0.494 e. The van der Waals surface area contributed by atoms with Crippen LogP contribution in [-0.4, -0.2) is 18.8 Å². The molecule has 0 amide bonds. The molecule has 2 aromatic carbocycles. The predicted molar refractivity (Wildman–Crippen MR) is 122 cm³/mol. The normalized spacial score (nSPS) is 10.3. The van der Waals surface area contributed by atoms with Crippen molar-refractivity contribution in [2.75, 3.05) is 12.9 Å². The molecule has 0 fully saturated rings. The molecule has 0 saturated carbocycles. The highest BCUT2D eigenvalue weighted by Crippen LogP contribution is 2.33. The third kappa shape index (κ3) is 6.68.